The number of ether oxygens (including phenoxy) is 1. The van der Waals surface area contributed by atoms with E-state index in [0.29, 0.717) is 0 Å². The van der Waals surface area contributed by atoms with Gasteiger partial charge in [0.15, 0.2) is 0 Å². The number of alkyl halides is 3. The van der Waals surface area contributed by atoms with Gasteiger partial charge in [-0.3, -0.25) is 4.79 Å². The molecule has 0 saturated heterocycles. The molecule has 0 N–H and O–H groups in total. The van der Waals surface area contributed by atoms with Crippen LogP contribution in [0.2, 0.25) is 0 Å². The number of nitrogens with zero attached hydrogens (tertiary/aromatic N) is 1. The molecule has 2 rings (SSSR count). The molecule has 1 aliphatic rings. The summed E-state index contributed by atoms with van der Waals surface area (Å²) < 4.78 is 46.5. The van der Waals surface area contributed by atoms with Crippen molar-refractivity contribution in [3.8, 4) is 12.3 Å². The van der Waals surface area contributed by atoms with Crippen molar-refractivity contribution in [2.24, 2.45) is 17.3 Å². The van der Waals surface area contributed by atoms with Gasteiger partial charge < -0.3 is 9.30 Å². The maximum absolute atomic E-state index is 13.2. The van der Waals surface area contributed by atoms with Crippen molar-refractivity contribution in [1.29, 1.82) is 0 Å². The maximum atomic E-state index is 13.2. The minimum Gasteiger partial charge on any atom is -0.460 e. The number of carbonyl (C=O) groups excluding carboxylic acids is 1. The molecule has 1 fully saturated rings. The topological polar surface area (TPSA) is 31.2 Å². The number of carbonyl (C=O) groups is 1. The number of hydrogen-bond acceptors (Lipinski definition) is 2. The monoisotopic (exact) mass is 481 g/mol. The molecule has 1 aromatic heterocycles. The van der Waals surface area contributed by atoms with Crippen molar-refractivity contribution in [3.05, 3.63) is 33.0 Å². The molecule has 0 amide bonds. The zero-order chi connectivity index (χ0) is 19.0. The third-order valence-electron chi connectivity index (χ3n) is 4.42. The van der Waals surface area contributed by atoms with E-state index < -0.39 is 24.4 Å². The number of terminal acetylenes is 1. The van der Waals surface area contributed by atoms with E-state index in [1.54, 1.807) is 0 Å². The number of hydrogen-bond donors (Lipinski definition) is 0. The lowest BCUT2D eigenvalue weighted by Crippen LogP contribution is -2.17. The van der Waals surface area contributed by atoms with Gasteiger partial charge in [-0.2, -0.15) is 13.2 Å². The lowest BCUT2D eigenvalue weighted by Gasteiger charge is -2.13. The lowest BCUT2D eigenvalue weighted by atomic mass is 10.1. The van der Waals surface area contributed by atoms with E-state index in [2.05, 4.69) is 37.8 Å². The van der Waals surface area contributed by atoms with Gasteiger partial charge >= 0.3 is 12.1 Å². The molecule has 25 heavy (non-hydrogen) atoms. The maximum Gasteiger partial charge on any atom is 0.431 e. The Labute approximate surface area is 160 Å². The van der Waals surface area contributed by atoms with Crippen LogP contribution in [0.25, 0.3) is 0 Å². The molecule has 0 radical (unpaired) electrons. The van der Waals surface area contributed by atoms with Gasteiger partial charge in [0, 0.05) is 11.8 Å². The quantitative estimate of drug-likeness (QED) is 0.432. The summed E-state index contributed by atoms with van der Waals surface area (Å²) in [6, 6.07) is 1.28. The zero-order valence-electron chi connectivity index (χ0n) is 13.5. The second-order valence-corrected chi connectivity index (χ2v) is 9.18. The number of rotatable bonds is 5. The molecular formula is C17H16Br2F3NO2. The van der Waals surface area contributed by atoms with Crippen molar-refractivity contribution in [1.82, 2.24) is 4.57 Å². The standard InChI is InChI=1S/C17H16Br2F3NO2/c1-4-6-23-7-5-10(14(23)17(20,21)22)9-25-15(24)13-11(8-12(18)19)16(13,2)3/h1,5,7-8,11,13H,6,9H2,2-3H3/t11-,13-/m0/s1. The van der Waals surface area contributed by atoms with E-state index in [-0.39, 0.29) is 29.4 Å². The fourth-order valence-electron chi connectivity index (χ4n) is 3.02. The lowest BCUT2D eigenvalue weighted by molar-refractivity contribution is -0.151. The average molecular weight is 483 g/mol. The van der Waals surface area contributed by atoms with Crippen molar-refractivity contribution < 1.29 is 22.7 Å². The third kappa shape index (κ3) is 4.32. The van der Waals surface area contributed by atoms with Crippen LogP contribution in [0.5, 0.6) is 0 Å². The Balaban J connectivity index is 2.11. The van der Waals surface area contributed by atoms with Gasteiger partial charge in [0.2, 0.25) is 0 Å². The van der Waals surface area contributed by atoms with Crippen LogP contribution < -0.4 is 0 Å². The fraction of sp³-hybridized carbons (Fsp3) is 0.471. The van der Waals surface area contributed by atoms with Crippen LogP contribution in [0, 0.1) is 29.6 Å². The van der Waals surface area contributed by atoms with Crippen LogP contribution in [0.1, 0.15) is 25.1 Å². The Kier molecular flexibility index (Phi) is 5.79. The molecule has 1 saturated carbocycles. The van der Waals surface area contributed by atoms with Crippen molar-refractivity contribution >= 4 is 37.8 Å². The normalized spacial score (nSPS) is 21.4. The molecule has 1 aromatic rings. The Bertz CT molecular complexity index is 740. The smallest absolute Gasteiger partial charge is 0.431 e. The predicted octanol–water partition coefficient (Wildman–Crippen LogP) is 5.09. The van der Waals surface area contributed by atoms with Gasteiger partial charge in [0.25, 0.3) is 0 Å². The Morgan fingerprint density at radius 2 is 2.12 bits per heavy atom. The summed E-state index contributed by atoms with van der Waals surface area (Å²) in [5, 5.41) is 0. The molecule has 0 spiro atoms. The van der Waals surface area contributed by atoms with Crippen LogP contribution in [0.4, 0.5) is 13.2 Å². The first-order valence-corrected chi connectivity index (χ1v) is 8.97. The van der Waals surface area contributed by atoms with Gasteiger partial charge in [0.05, 0.1) is 15.9 Å². The summed E-state index contributed by atoms with van der Waals surface area (Å²) in [5.74, 6) is 1.24. The largest absolute Gasteiger partial charge is 0.460 e. The van der Waals surface area contributed by atoms with Gasteiger partial charge in [-0.25, -0.2) is 0 Å². The average Bonchev–Trinajstić information content (AvgIpc) is 2.81. The van der Waals surface area contributed by atoms with Crippen molar-refractivity contribution in [3.63, 3.8) is 0 Å². The summed E-state index contributed by atoms with van der Waals surface area (Å²) in [5.41, 5.74) is -1.29. The van der Waals surface area contributed by atoms with E-state index in [1.165, 1.54) is 12.3 Å². The molecule has 0 aliphatic heterocycles. The minimum atomic E-state index is -4.58. The van der Waals surface area contributed by atoms with Gasteiger partial charge in [-0.05, 0) is 49.3 Å². The Morgan fingerprint density at radius 1 is 1.48 bits per heavy atom. The first-order chi connectivity index (χ1) is 11.5. The zero-order valence-corrected chi connectivity index (χ0v) is 16.7. The summed E-state index contributed by atoms with van der Waals surface area (Å²) in [7, 11) is 0. The van der Waals surface area contributed by atoms with Gasteiger partial charge in [0.1, 0.15) is 12.3 Å². The number of halogens is 5. The third-order valence-corrected chi connectivity index (χ3v) is 4.95. The molecular weight excluding hydrogens is 467 g/mol. The highest BCUT2D eigenvalue weighted by Gasteiger charge is 2.61. The van der Waals surface area contributed by atoms with Crippen LogP contribution in [-0.2, 0) is 28.9 Å². The second-order valence-electron chi connectivity index (χ2n) is 6.41. The van der Waals surface area contributed by atoms with Crippen LogP contribution in [0.3, 0.4) is 0 Å². The molecule has 1 heterocycles. The van der Waals surface area contributed by atoms with Crippen LogP contribution in [-0.4, -0.2) is 10.5 Å². The summed E-state index contributed by atoms with van der Waals surface area (Å²) in [6.45, 7) is 3.18. The van der Waals surface area contributed by atoms with E-state index in [4.69, 9.17) is 11.2 Å². The molecule has 1 aliphatic carbocycles. The highest BCUT2D eigenvalue weighted by Crippen LogP contribution is 2.60. The van der Waals surface area contributed by atoms with E-state index in [0.717, 1.165) is 7.96 Å². The molecule has 0 aromatic carbocycles. The molecule has 136 valence electrons. The molecule has 8 heteroatoms. The number of allylic oxidation sites excluding steroid dienone is 1. The second kappa shape index (κ2) is 7.20. The van der Waals surface area contributed by atoms with E-state index in [9.17, 15) is 18.0 Å². The first kappa shape index (κ1) is 20.1. The SMILES string of the molecule is C#CCn1ccc(COC(=O)[C@@H]2[C@H](C=C(Br)Br)C2(C)C)c1C(F)(F)F. The van der Waals surface area contributed by atoms with Crippen LogP contribution in [0.15, 0.2) is 21.7 Å². The summed E-state index contributed by atoms with van der Waals surface area (Å²) >= 11 is 6.50. The van der Waals surface area contributed by atoms with Crippen molar-refractivity contribution in [2.45, 2.75) is 33.2 Å². The van der Waals surface area contributed by atoms with Gasteiger partial charge in [-0.1, -0.05) is 25.8 Å². The Morgan fingerprint density at radius 3 is 2.64 bits per heavy atom. The van der Waals surface area contributed by atoms with E-state index in [1.807, 2.05) is 19.9 Å². The minimum absolute atomic E-state index is 0.0399. The molecule has 3 nitrogen and oxygen atoms in total. The predicted molar refractivity (Wildman–Crippen MR) is 94.8 cm³/mol. The van der Waals surface area contributed by atoms with Crippen molar-refractivity contribution in [2.75, 3.05) is 0 Å². The number of esters is 1. The van der Waals surface area contributed by atoms with E-state index >= 15 is 0 Å². The molecule has 2 atom stereocenters. The fourth-order valence-corrected chi connectivity index (χ4v) is 3.59. The van der Waals surface area contributed by atoms with Gasteiger partial charge in [-0.15, -0.1) is 6.42 Å². The molecule has 0 bridgehead atoms. The summed E-state index contributed by atoms with van der Waals surface area (Å²) in [6.07, 6.45) is 3.62. The highest BCUT2D eigenvalue weighted by molar-refractivity contribution is 9.28. The highest BCUT2D eigenvalue weighted by atomic mass is 79.9. The Hall–Kier alpha value is -1.20. The molecule has 0 unspecified atom stereocenters. The first-order valence-electron chi connectivity index (χ1n) is 7.38. The summed E-state index contributed by atoms with van der Waals surface area (Å²) in [4.78, 5) is 12.3. The van der Waals surface area contributed by atoms with Crippen LogP contribution >= 0.6 is 31.9 Å². The number of aromatic nitrogens is 1.